The molecule has 0 saturated carbocycles. The highest BCUT2D eigenvalue weighted by molar-refractivity contribution is 5.72. The van der Waals surface area contributed by atoms with E-state index in [1.54, 1.807) is 0 Å². The fraction of sp³-hybridized carbons (Fsp3) is 0.724. The molecule has 0 spiro atoms. The van der Waals surface area contributed by atoms with E-state index in [-0.39, 0.29) is 39.6 Å². The number of esters is 1. The van der Waals surface area contributed by atoms with Crippen LogP contribution in [0.4, 0.5) is 22.0 Å². The smallest absolute Gasteiger partial charge is 0.329 e. The third-order valence-electron chi connectivity index (χ3n) is 5.41. The van der Waals surface area contributed by atoms with E-state index in [9.17, 15) is 31.5 Å². The van der Waals surface area contributed by atoms with Crippen molar-refractivity contribution in [2.24, 2.45) is 0 Å². The van der Waals surface area contributed by atoms with Crippen LogP contribution in [0.1, 0.15) is 6.42 Å². The van der Waals surface area contributed by atoms with Gasteiger partial charge in [0.05, 0.1) is 132 Å². The van der Waals surface area contributed by atoms with Gasteiger partial charge in [-0.05, 0) is 0 Å². The van der Waals surface area contributed by atoms with Crippen molar-refractivity contribution in [3.63, 3.8) is 0 Å². The zero-order valence-corrected chi connectivity index (χ0v) is 26.5. The number of carboxylic acids is 1. The lowest BCUT2D eigenvalue weighted by Crippen LogP contribution is -2.16. The Morgan fingerprint density at radius 1 is 0.396 bits per heavy atom. The molecule has 1 aromatic carbocycles. The van der Waals surface area contributed by atoms with Gasteiger partial charge in [0.1, 0.15) is 6.61 Å². The zero-order valence-electron chi connectivity index (χ0n) is 26.5. The second-order valence-corrected chi connectivity index (χ2v) is 9.08. The predicted molar refractivity (Wildman–Crippen MR) is 152 cm³/mol. The summed E-state index contributed by atoms with van der Waals surface area (Å²) in [5.41, 5.74) is 0. The normalized spacial score (nSPS) is 11.4. The van der Waals surface area contributed by atoms with Crippen LogP contribution in [0.25, 0.3) is 0 Å². The molecule has 0 fully saturated rings. The molecule has 0 amide bonds. The molecule has 1 rings (SSSR count). The topological polar surface area (TPSA) is 156 Å². The van der Waals surface area contributed by atoms with Gasteiger partial charge < -0.3 is 57.2 Å². The Kier molecular flexibility index (Phi) is 26.5. The zero-order chi connectivity index (χ0) is 35.2. The van der Waals surface area contributed by atoms with E-state index in [4.69, 9.17) is 52.5 Å². The summed E-state index contributed by atoms with van der Waals surface area (Å²) in [5, 5.41) is 8.41. The molecule has 0 aliphatic rings. The van der Waals surface area contributed by atoms with E-state index in [0.717, 1.165) is 0 Å². The van der Waals surface area contributed by atoms with Crippen molar-refractivity contribution in [2.75, 3.05) is 132 Å². The number of rotatable bonds is 33. The average molecular weight is 711 g/mol. The molecule has 278 valence electrons. The standard InChI is InChI=1S/C29H43F5O14/c30-24-25(31)27(33)29(28(34)26(24)32)48-23(37)1-2-38-3-4-39-5-6-40-7-8-41-9-10-42-11-12-43-13-14-44-15-16-45-17-18-46-19-20-47-21-22(35)36/h1-21H2,(H,35,36). The number of aliphatic carboxylic acids is 1. The van der Waals surface area contributed by atoms with Crippen LogP contribution in [0.2, 0.25) is 0 Å². The summed E-state index contributed by atoms with van der Waals surface area (Å²) in [6.45, 7) is 5.50. The van der Waals surface area contributed by atoms with Crippen molar-refractivity contribution >= 4 is 11.9 Å². The number of halogens is 5. The molecule has 0 saturated heterocycles. The molecule has 14 nitrogen and oxygen atoms in total. The Bertz CT molecular complexity index is 979. The van der Waals surface area contributed by atoms with Crippen LogP contribution in [-0.4, -0.2) is 149 Å². The minimum atomic E-state index is -2.35. The number of carbonyl (C=O) groups is 2. The van der Waals surface area contributed by atoms with E-state index in [2.05, 4.69) is 4.74 Å². The molecular formula is C29H43F5O14. The Morgan fingerprint density at radius 3 is 0.938 bits per heavy atom. The van der Waals surface area contributed by atoms with E-state index >= 15 is 0 Å². The lowest BCUT2D eigenvalue weighted by Gasteiger charge is -2.09. The monoisotopic (exact) mass is 710 g/mol. The van der Waals surface area contributed by atoms with E-state index in [1.807, 2.05) is 0 Å². The van der Waals surface area contributed by atoms with Crippen LogP contribution in [0.15, 0.2) is 0 Å². The highest BCUT2D eigenvalue weighted by atomic mass is 19.2. The maximum absolute atomic E-state index is 13.5. The van der Waals surface area contributed by atoms with E-state index in [0.29, 0.717) is 92.5 Å². The van der Waals surface area contributed by atoms with E-state index in [1.165, 1.54) is 0 Å². The lowest BCUT2D eigenvalue weighted by atomic mass is 10.2. The SMILES string of the molecule is O=C(O)COCCOCCOCCOCCOCCOCCOCCOCCOCCOCCC(=O)Oc1c(F)c(F)c(F)c(F)c1F. The molecule has 0 aliphatic heterocycles. The molecule has 0 unspecified atom stereocenters. The van der Waals surface area contributed by atoms with Crippen molar-refractivity contribution in [1.29, 1.82) is 0 Å². The van der Waals surface area contributed by atoms with Gasteiger partial charge in [-0.3, -0.25) is 4.79 Å². The molecule has 1 N–H and O–H groups in total. The summed E-state index contributed by atoms with van der Waals surface area (Å²) >= 11 is 0. The van der Waals surface area contributed by atoms with Crippen LogP contribution < -0.4 is 4.74 Å². The highest BCUT2D eigenvalue weighted by Crippen LogP contribution is 2.29. The van der Waals surface area contributed by atoms with Crippen molar-refractivity contribution < 1.29 is 88.8 Å². The van der Waals surface area contributed by atoms with Crippen molar-refractivity contribution in [3.8, 4) is 5.75 Å². The minimum Gasteiger partial charge on any atom is -0.480 e. The Hall–Kier alpha value is -2.59. The summed E-state index contributed by atoms with van der Waals surface area (Å²) in [6.07, 6.45) is -0.493. The van der Waals surface area contributed by atoms with Crippen molar-refractivity contribution in [1.82, 2.24) is 0 Å². The predicted octanol–water partition coefficient (Wildman–Crippen LogP) is 1.93. The first-order valence-electron chi connectivity index (χ1n) is 15.0. The van der Waals surface area contributed by atoms with Crippen LogP contribution in [-0.2, 0) is 57.0 Å². The van der Waals surface area contributed by atoms with Crippen molar-refractivity contribution in [3.05, 3.63) is 29.1 Å². The van der Waals surface area contributed by atoms with Gasteiger partial charge in [-0.25, -0.2) is 18.0 Å². The number of benzene rings is 1. The van der Waals surface area contributed by atoms with Gasteiger partial charge >= 0.3 is 11.9 Å². The first-order chi connectivity index (χ1) is 23.3. The maximum Gasteiger partial charge on any atom is 0.329 e. The van der Waals surface area contributed by atoms with Crippen LogP contribution in [0, 0.1) is 29.1 Å². The summed E-state index contributed by atoms with van der Waals surface area (Å²) in [5.74, 6) is -15.2. The highest BCUT2D eigenvalue weighted by Gasteiger charge is 2.28. The Balaban J connectivity index is 1.76. The Labute approximate surface area is 274 Å². The molecule has 0 heterocycles. The number of hydrogen-bond acceptors (Lipinski definition) is 13. The van der Waals surface area contributed by atoms with Gasteiger partial charge in [0.15, 0.2) is 0 Å². The fourth-order valence-corrected chi connectivity index (χ4v) is 3.13. The second-order valence-electron chi connectivity index (χ2n) is 9.08. The number of hydrogen-bond donors (Lipinski definition) is 1. The van der Waals surface area contributed by atoms with Crippen molar-refractivity contribution in [2.45, 2.75) is 6.42 Å². The van der Waals surface area contributed by atoms with Gasteiger partial charge in [-0.1, -0.05) is 0 Å². The minimum absolute atomic E-state index is 0.0729. The van der Waals surface area contributed by atoms with Gasteiger partial charge in [-0.2, -0.15) is 8.78 Å². The molecule has 0 bridgehead atoms. The summed E-state index contributed by atoms with van der Waals surface area (Å²) in [4.78, 5) is 21.9. The third-order valence-corrected chi connectivity index (χ3v) is 5.41. The largest absolute Gasteiger partial charge is 0.480 e. The molecular weight excluding hydrogens is 667 g/mol. The molecule has 48 heavy (non-hydrogen) atoms. The lowest BCUT2D eigenvalue weighted by molar-refractivity contribution is -0.142. The molecule has 1 aromatic rings. The molecule has 0 radical (unpaired) electrons. The summed E-state index contributed by atoms with van der Waals surface area (Å²) < 4.78 is 123. The van der Waals surface area contributed by atoms with Crippen LogP contribution in [0.3, 0.4) is 0 Å². The van der Waals surface area contributed by atoms with Gasteiger partial charge in [-0.15, -0.1) is 0 Å². The van der Waals surface area contributed by atoms with Gasteiger partial charge in [0.2, 0.25) is 34.8 Å². The maximum atomic E-state index is 13.5. The number of carboxylic acid groups (broad SMARTS) is 1. The van der Waals surface area contributed by atoms with Crippen LogP contribution in [0.5, 0.6) is 5.75 Å². The van der Waals surface area contributed by atoms with Gasteiger partial charge in [0, 0.05) is 0 Å². The average Bonchev–Trinajstić information content (AvgIpc) is 3.07. The molecule has 0 aromatic heterocycles. The van der Waals surface area contributed by atoms with Gasteiger partial charge in [0.25, 0.3) is 0 Å². The fourth-order valence-electron chi connectivity index (χ4n) is 3.13. The first kappa shape index (κ1) is 43.4. The first-order valence-corrected chi connectivity index (χ1v) is 15.0. The Morgan fingerprint density at radius 2 is 0.646 bits per heavy atom. The summed E-state index contributed by atoms with van der Waals surface area (Å²) in [7, 11) is 0. The third kappa shape index (κ3) is 22.1. The molecule has 0 aliphatic carbocycles. The number of ether oxygens (including phenoxy) is 11. The molecule has 0 atom stereocenters. The van der Waals surface area contributed by atoms with Crippen LogP contribution >= 0.6 is 0 Å². The number of carbonyl (C=O) groups excluding carboxylic acids is 1. The second kappa shape index (κ2) is 29.3. The summed E-state index contributed by atoms with van der Waals surface area (Å²) in [6, 6.07) is 0. The quantitative estimate of drug-likeness (QED) is 0.0282. The van der Waals surface area contributed by atoms with E-state index < -0.39 is 53.2 Å². The molecule has 19 heteroatoms.